The lowest BCUT2D eigenvalue weighted by molar-refractivity contribution is 0.342. The monoisotopic (exact) mass is 196 g/mol. The molecule has 0 atom stereocenters. The molecule has 1 aromatic carbocycles. The van der Waals surface area contributed by atoms with Crippen LogP contribution in [0.15, 0.2) is 24.3 Å². The highest BCUT2D eigenvalue weighted by Gasteiger charge is 2.04. The van der Waals surface area contributed by atoms with Crippen molar-refractivity contribution in [1.29, 1.82) is 0 Å². The fourth-order valence-electron chi connectivity index (χ4n) is 1.57. The number of hydrogen-bond donors (Lipinski definition) is 0. The number of rotatable bonds is 0. The van der Waals surface area contributed by atoms with Crippen LogP contribution < -0.4 is 0 Å². The van der Waals surface area contributed by atoms with Gasteiger partial charge in [-0.15, -0.1) is 5.92 Å². The lowest BCUT2D eigenvalue weighted by Gasteiger charge is -2.00. The Labute approximate surface area is 88.6 Å². The van der Waals surface area contributed by atoms with Gasteiger partial charge in [0, 0.05) is 11.3 Å². The molecule has 0 fully saturated rings. The van der Waals surface area contributed by atoms with Crippen LogP contribution in [0.25, 0.3) is 10.8 Å². The second-order valence-corrected chi connectivity index (χ2v) is 3.38. The van der Waals surface area contributed by atoms with Crippen LogP contribution in [-0.2, 0) is 5.11 Å². The summed E-state index contributed by atoms with van der Waals surface area (Å²) in [6, 6.07) is 7.52. The molecule has 0 saturated carbocycles. The third-order valence-electron chi connectivity index (χ3n) is 2.20. The Balaban J connectivity index is 2.74. The molecular weight excluding hydrogens is 186 g/mol. The van der Waals surface area contributed by atoms with Gasteiger partial charge in [-0.1, -0.05) is 12.0 Å². The highest BCUT2D eigenvalue weighted by atomic mass is 16.3. The van der Waals surface area contributed by atoms with Gasteiger partial charge in [-0.3, -0.25) is 5.11 Å². The maximum atomic E-state index is 11.6. The number of hydrogen-bond acceptors (Lipinski definition) is 1. The number of aryl methyl sites for hydroxylation is 1. The average molecular weight is 196 g/mol. The molecule has 0 amide bonds. The molecular formula is C13H10NO. The molecule has 2 aromatic rings. The molecule has 1 aromatic heterocycles. The minimum Gasteiger partial charge on any atom is -0.267 e. The van der Waals surface area contributed by atoms with E-state index in [1.807, 2.05) is 25.1 Å². The molecule has 0 aliphatic carbocycles. The number of aromatic nitrogens is 1. The van der Waals surface area contributed by atoms with E-state index in [4.69, 9.17) is 0 Å². The lowest BCUT2D eigenvalue weighted by atomic mass is 10.1. The molecule has 0 bridgehead atoms. The third kappa shape index (κ3) is 1.77. The van der Waals surface area contributed by atoms with Crippen LogP contribution in [-0.4, -0.2) is 4.98 Å². The summed E-state index contributed by atoms with van der Waals surface area (Å²) in [6.45, 7) is 3.59. The van der Waals surface area contributed by atoms with Crippen LogP contribution in [0.5, 0.6) is 5.88 Å². The van der Waals surface area contributed by atoms with Gasteiger partial charge in [-0.25, -0.2) is 4.98 Å². The summed E-state index contributed by atoms with van der Waals surface area (Å²) in [5.41, 5.74) is 1.61. The first-order valence-electron chi connectivity index (χ1n) is 4.72. The van der Waals surface area contributed by atoms with Crippen molar-refractivity contribution >= 4 is 10.8 Å². The zero-order valence-corrected chi connectivity index (χ0v) is 8.66. The molecule has 73 valence electrons. The fourth-order valence-corrected chi connectivity index (χ4v) is 1.57. The molecule has 2 nitrogen and oxygen atoms in total. The van der Waals surface area contributed by atoms with Crippen LogP contribution in [0.3, 0.4) is 0 Å². The molecule has 1 radical (unpaired) electrons. The Morgan fingerprint density at radius 3 is 2.80 bits per heavy atom. The predicted molar refractivity (Wildman–Crippen MR) is 59.2 cm³/mol. The minimum absolute atomic E-state index is 0.176. The molecule has 15 heavy (non-hydrogen) atoms. The average Bonchev–Trinajstić information content (AvgIpc) is 2.19. The topological polar surface area (TPSA) is 32.8 Å². The molecule has 0 saturated heterocycles. The summed E-state index contributed by atoms with van der Waals surface area (Å²) >= 11 is 0. The van der Waals surface area contributed by atoms with Crippen molar-refractivity contribution < 1.29 is 5.11 Å². The van der Waals surface area contributed by atoms with Crippen molar-refractivity contribution in [3.05, 3.63) is 35.5 Å². The van der Waals surface area contributed by atoms with E-state index in [-0.39, 0.29) is 5.88 Å². The fraction of sp³-hybridized carbons (Fsp3) is 0.154. The summed E-state index contributed by atoms with van der Waals surface area (Å²) in [5, 5.41) is 13.2. The molecule has 2 rings (SSSR count). The van der Waals surface area contributed by atoms with Gasteiger partial charge in [-0.2, -0.15) is 0 Å². The molecule has 0 spiro atoms. The zero-order chi connectivity index (χ0) is 10.8. The second-order valence-electron chi connectivity index (χ2n) is 3.38. The van der Waals surface area contributed by atoms with E-state index in [1.54, 1.807) is 13.0 Å². The van der Waals surface area contributed by atoms with E-state index in [1.165, 1.54) is 0 Å². The maximum Gasteiger partial charge on any atom is 0.277 e. The number of nitrogens with zero attached hydrogens (tertiary/aromatic N) is 1. The standard InChI is InChI=1S/C13H10NO/c1-3-4-10-5-6-11-7-9(2)14-13(15)12(11)8-10/h5-8H,1-2H3. The van der Waals surface area contributed by atoms with E-state index < -0.39 is 0 Å². The van der Waals surface area contributed by atoms with E-state index in [9.17, 15) is 5.11 Å². The summed E-state index contributed by atoms with van der Waals surface area (Å²) in [7, 11) is 0. The SMILES string of the molecule is CC#Cc1ccc2cc(C)nc([O])c2c1. The predicted octanol–water partition coefficient (Wildman–Crippen LogP) is 3.06. The van der Waals surface area contributed by atoms with Crippen LogP contribution >= 0.6 is 0 Å². The Hall–Kier alpha value is -2.01. The molecule has 0 N–H and O–H groups in total. The van der Waals surface area contributed by atoms with Crippen molar-refractivity contribution in [2.24, 2.45) is 0 Å². The Kier molecular flexibility index (Phi) is 2.31. The van der Waals surface area contributed by atoms with Gasteiger partial charge >= 0.3 is 0 Å². The number of pyridine rings is 1. The van der Waals surface area contributed by atoms with E-state index in [2.05, 4.69) is 16.8 Å². The van der Waals surface area contributed by atoms with Crippen molar-refractivity contribution in [3.63, 3.8) is 0 Å². The Bertz CT molecular complexity index is 576. The molecule has 2 heteroatoms. The smallest absolute Gasteiger partial charge is 0.267 e. The normalized spacial score (nSPS) is 9.73. The lowest BCUT2D eigenvalue weighted by Crippen LogP contribution is -1.84. The van der Waals surface area contributed by atoms with E-state index >= 15 is 0 Å². The van der Waals surface area contributed by atoms with Crippen molar-refractivity contribution in [3.8, 4) is 17.7 Å². The summed E-state index contributed by atoms with van der Waals surface area (Å²) < 4.78 is 0. The molecule has 0 aliphatic rings. The largest absolute Gasteiger partial charge is 0.277 e. The summed E-state index contributed by atoms with van der Waals surface area (Å²) in [4.78, 5) is 3.90. The Morgan fingerprint density at radius 1 is 1.27 bits per heavy atom. The van der Waals surface area contributed by atoms with Crippen molar-refractivity contribution in [2.45, 2.75) is 13.8 Å². The van der Waals surface area contributed by atoms with Crippen LogP contribution in [0.1, 0.15) is 18.2 Å². The van der Waals surface area contributed by atoms with Crippen LogP contribution in [0.4, 0.5) is 0 Å². The van der Waals surface area contributed by atoms with Gasteiger partial charge in [0.15, 0.2) is 0 Å². The number of fused-ring (bicyclic) bond motifs is 1. The van der Waals surface area contributed by atoms with Gasteiger partial charge in [0.25, 0.3) is 5.88 Å². The first-order chi connectivity index (χ1) is 7.20. The summed E-state index contributed by atoms with van der Waals surface area (Å²) in [5.74, 6) is 5.56. The third-order valence-corrected chi connectivity index (χ3v) is 2.20. The highest BCUT2D eigenvalue weighted by molar-refractivity contribution is 5.88. The van der Waals surface area contributed by atoms with E-state index in [0.29, 0.717) is 5.39 Å². The number of benzene rings is 1. The zero-order valence-electron chi connectivity index (χ0n) is 8.66. The quantitative estimate of drug-likeness (QED) is 0.596. The van der Waals surface area contributed by atoms with Crippen molar-refractivity contribution in [2.75, 3.05) is 0 Å². The maximum absolute atomic E-state index is 11.6. The summed E-state index contributed by atoms with van der Waals surface area (Å²) in [6.07, 6.45) is 0. The van der Waals surface area contributed by atoms with Gasteiger partial charge in [0.1, 0.15) is 0 Å². The van der Waals surface area contributed by atoms with Gasteiger partial charge in [0.05, 0.1) is 5.39 Å². The Morgan fingerprint density at radius 2 is 2.07 bits per heavy atom. The second kappa shape index (κ2) is 3.62. The molecule has 0 aliphatic heterocycles. The first-order valence-corrected chi connectivity index (χ1v) is 4.72. The van der Waals surface area contributed by atoms with Gasteiger partial charge in [0.2, 0.25) is 0 Å². The molecule has 1 heterocycles. The van der Waals surface area contributed by atoms with E-state index in [0.717, 1.165) is 16.6 Å². The van der Waals surface area contributed by atoms with Crippen molar-refractivity contribution in [1.82, 2.24) is 4.98 Å². The van der Waals surface area contributed by atoms with Gasteiger partial charge < -0.3 is 0 Å². The minimum atomic E-state index is -0.176. The first kappa shape index (κ1) is 9.54. The van der Waals surface area contributed by atoms with Crippen LogP contribution in [0.2, 0.25) is 0 Å². The highest BCUT2D eigenvalue weighted by Crippen LogP contribution is 2.24. The molecule has 0 unspecified atom stereocenters. The van der Waals surface area contributed by atoms with Crippen LogP contribution in [0, 0.1) is 18.8 Å². The van der Waals surface area contributed by atoms with Gasteiger partial charge in [-0.05, 0) is 37.4 Å².